The van der Waals surface area contributed by atoms with Crippen molar-refractivity contribution < 1.29 is 27.1 Å². The minimum absolute atomic E-state index is 0.0719. The number of hydrogen-bond acceptors (Lipinski definition) is 5. The maximum absolute atomic E-state index is 13.7. The fourth-order valence-electron chi connectivity index (χ4n) is 3.75. The van der Waals surface area contributed by atoms with Gasteiger partial charge < -0.3 is 5.11 Å². The Morgan fingerprint density at radius 1 is 1.16 bits per heavy atom. The number of likely N-dealkylation sites (tertiary alicyclic amines) is 1. The van der Waals surface area contributed by atoms with Gasteiger partial charge in [-0.05, 0) is 43.7 Å². The number of pyridine rings is 1. The van der Waals surface area contributed by atoms with Gasteiger partial charge in [-0.3, -0.25) is 14.7 Å². The van der Waals surface area contributed by atoms with Crippen LogP contribution >= 0.6 is 0 Å². The van der Waals surface area contributed by atoms with E-state index in [1.54, 1.807) is 41.3 Å². The summed E-state index contributed by atoms with van der Waals surface area (Å²) in [5.74, 6) is -2.66. The number of rotatable bonds is 4. The molecule has 0 spiro atoms. The van der Waals surface area contributed by atoms with Gasteiger partial charge in [0.2, 0.25) is 9.84 Å². The summed E-state index contributed by atoms with van der Waals surface area (Å²) in [6.07, 6.45) is 1.74. The second-order valence-corrected chi connectivity index (χ2v) is 9.70. The maximum atomic E-state index is 13.7. The molecule has 6 nitrogen and oxygen atoms in total. The van der Waals surface area contributed by atoms with Crippen molar-refractivity contribution in [3.05, 3.63) is 65.9 Å². The lowest BCUT2D eigenvalue weighted by Crippen LogP contribution is -2.42. The third kappa shape index (κ3) is 5.46. The number of para-hydroxylation sites is 1. The van der Waals surface area contributed by atoms with Crippen LogP contribution in [0.1, 0.15) is 24.0 Å². The summed E-state index contributed by atoms with van der Waals surface area (Å²) in [4.78, 5) is 14.8. The molecule has 1 saturated heterocycles. The van der Waals surface area contributed by atoms with Crippen molar-refractivity contribution in [3.8, 4) is 0 Å². The summed E-state index contributed by atoms with van der Waals surface area (Å²) in [6.45, 7) is 2.37. The van der Waals surface area contributed by atoms with Crippen molar-refractivity contribution in [2.75, 3.05) is 13.1 Å². The van der Waals surface area contributed by atoms with E-state index < -0.39 is 15.8 Å². The second kappa shape index (κ2) is 9.70. The highest BCUT2D eigenvalue weighted by Crippen LogP contribution is 2.29. The molecular formula is C23H24F2N2O4S. The van der Waals surface area contributed by atoms with E-state index in [2.05, 4.69) is 4.98 Å². The minimum Gasteiger partial charge on any atom is -0.483 e. The lowest BCUT2D eigenvalue weighted by molar-refractivity contribution is -0.122. The first kappa shape index (κ1) is 23.7. The molecule has 1 N–H and O–H groups in total. The van der Waals surface area contributed by atoms with Crippen LogP contribution in [0.15, 0.2) is 64.5 Å². The first-order valence-corrected chi connectivity index (χ1v) is 11.5. The van der Waals surface area contributed by atoms with Gasteiger partial charge in [-0.2, -0.15) is 0 Å². The van der Waals surface area contributed by atoms with Gasteiger partial charge in [0.25, 0.3) is 12.4 Å². The Morgan fingerprint density at radius 2 is 1.84 bits per heavy atom. The zero-order valence-electron chi connectivity index (χ0n) is 17.5. The van der Waals surface area contributed by atoms with Crippen LogP contribution < -0.4 is 0 Å². The number of halogens is 2. The van der Waals surface area contributed by atoms with E-state index in [9.17, 15) is 17.2 Å². The van der Waals surface area contributed by atoms with E-state index >= 15 is 0 Å². The molecule has 0 bridgehead atoms. The van der Waals surface area contributed by atoms with Gasteiger partial charge in [-0.1, -0.05) is 35.9 Å². The van der Waals surface area contributed by atoms with E-state index in [1.165, 1.54) is 6.20 Å². The number of benzene rings is 2. The van der Waals surface area contributed by atoms with Crippen LogP contribution in [0.4, 0.5) is 8.78 Å². The Balaban J connectivity index is 0.000000913. The van der Waals surface area contributed by atoms with Crippen molar-refractivity contribution in [2.24, 2.45) is 0 Å². The molecule has 2 heterocycles. The molecule has 1 fully saturated rings. The summed E-state index contributed by atoms with van der Waals surface area (Å²) in [6, 6.07) is 13.8. The van der Waals surface area contributed by atoms with Crippen molar-refractivity contribution >= 4 is 27.2 Å². The molecule has 3 aromatic rings. The van der Waals surface area contributed by atoms with Gasteiger partial charge in [0.15, 0.2) is 0 Å². The van der Waals surface area contributed by atoms with Gasteiger partial charge in [0.1, 0.15) is 0 Å². The average molecular weight is 463 g/mol. The van der Waals surface area contributed by atoms with E-state index in [-0.39, 0.29) is 29.2 Å². The largest absolute Gasteiger partial charge is 0.483 e. The molecule has 1 aromatic heterocycles. The second-order valence-electron chi connectivity index (χ2n) is 7.75. The van der Waals surface area contributed by atoms with Gasteiger partial charge in [-0.25, -0.2) is 17.2 Å². The van der Waals surface area contributed by atoms with Gasteiger partial charge in [-0.15, -0.1) is 0 Å². The summed E-state index contributed by atoms with van der Waals surface area (Å²) in [5, 5.41) is 7.57. The van der Waals surface area contributed by atoms with Gasteiger partial charge in [0.05, 0.1) is 21.9 Å². The van der Waals surface area contributed by atoms with Crippen LogP contribution in [-0.4, -0.2) is 48.9 Å². The van der Waals surface area contributed by atoms with E-state index in [4.69, 9.17) is 9.90 Å². The predicted molar refractivity (Wildman–Crippen MR) is 117 cm³/mol. The van der Waals surface area contributed by atoms with Crippen molar-refractivity contribution in [3.63, 3.8) is 0 Å². The van der Waals surface area contributed by atoms with E-state index in [0.717, 1.165) is 11.1 Å². The van der Waals surface area contributed by atoms with Crippen LogP contribution in [0.2, 0.25) is 0 Å². The smallest absolute Gasteiger partial charge is 0.290 e. The zero-order chi connectivity index (χ0) is 23.4. The van der Waals surface area contributed by atoms with Crippen molar-refractivity contribution in [1.82, 2.24) is 9.88 Å². The van der Waals surface area contributed by atoms with Crippen LogP contribution in [0.25, 0.3) is 10.9 Å². The number of carboxylic acid groups (broad SMARTS) is 1. The number of aromatic nitrogens is 1. The molecule has 9 heteroatoms. The Hall–Kier alpha value is -2.91. The lowest BCUT2D eigenvalue weighted by atomic mass is 10.0. The third-order valence-electron chi connectivity index (χ3n) is 5.28. The fraction of sp³-hybridized carbons (Fsp3) is 0.304. The average Bonchev–Trinajstić information content (AvgIpc) is 2.74. The Labute approximate surface area is 185 Å². The molecule has 4 rings (SSSR count). The molecule has 32 heavy (non-hydrogen) atoms. The Bertz CT molecular complexity index is 1200. The number of carbonyl (C=O) groups is 1. The molecular weight excluding hydrogens is 438 g/mol. The van der Waals surface area contributed by atoms with Gasteiger partial charge >= 0.3 is 0 Å². The molecule has 0 radical (unpaired) electrons. The molecule has 0 saturated carbocycles. The van der Waals surface area contributed by atoms with Crippen molar-refractivity contribution in [1.29, 1.82) is 0 Å². The monoisotopic (exact) mass is 462 g/mol. The van der Waals surface area contributed by atoms with Crippen LogP contribution in [-0.2, 0) is 21.2 Å². The van der Waals surface area contributed by atoms with Crippen LogP contribution in [0, 0.1) is 6.92 Å². The number of nitrogens with zero attached hydrogens (tertiary/aromatic N) is 2. The zero-order valence-corrected chi connectivity index (χ0v) is 18.4. The molecule has 0 atom stereocenters. The summed E-state index contributed by atoms with van der Waals surface area (Å²) >= 11 is 0. The quantitative estimate of drug-likeness (QED) is 0.582. The number of fused-ring (bicyclic) bond motifs is 1. The molecule has 0 amide bonds. The standard InChI is InChI=1S/C22H22F2N2O2S.CH2O2/c1-16-6-8-19(9-7-16)29(27,28)20-12-17-4-2-5-18(21(17)25-13-20)14-26-11-3-10-22(23,24)15-26;2-1-3/h2,4-9,12-13H,3,10-11,14-15H2,1H3;1H,(H,2,3). The number of sulfone groups is 1. The molecule has 1 aliphatic heterocycles. The minimum atomic E-state index is -3.67. The summed E-state index contributed by atoms with van der Waals surface area (Å²) < 4.78 is 53.3. The first-order chi connectivity index (χ1) is 15.2. The molecule has 0 unspecified atom stereocenters. The number of aryl methyl sites for hydroxylation is 1. The lowest BCUT2D eigenvalue weighted by Gasteiger charge is -2.32. The summed E-state index contributed by atoms with van der Waals surface area (Å²) in [7, 11) is -3.67. The maximum Gasteiger partial charge on any atom is 0.290 e. The fourth-order valence-corrected chi connectivity index (χ4v) is 4.99. The topological polar surface area (TPSA) is 87.6 Å². The predicted octanol–water partition coefficient (Wildman–Crippen LogP) is 4.31. The highest BCUT2D eigenvalue weighted by atomic mass is 32.2. The molecule has 1 aliphatic rings. The number of alkyl halides is 2. The molecule has 0 aliphatic carbocycles. The molecule has 2 aromatic carbocycles. The highest BCUT2D eigenvalue weighted by Gasteiger charge is 2.35. The van der Waals surface area contributed by atoms with E-state index in [1.807, 2.05) is 19.1 Å². The Morgan fingerprint density at radius 3 is 2.50 bits per heavy atom. The molecule has 170 valence electrons. The van der Waals surface area contributed by atoms with Crippen LogP contribution in [0.5, 0.6) is 0 Å². The SMILES string of the molecule is Cc1ccc(S(=O)(=O)c2cnc3c(CN4CCCC(F)(F)C4)cccc3c2)cc1.O=CO. The Kier molecular flexibility index (Phi) is 7.20. The van der Waals surface area contributed by atoms with Crippen molar-refractivity contribution in [2.45, 2.75) is 42.0 Å². The summed E-state index contributed by atoms with van der Waals surface area (Å²) in [5.41, 5.74) is 2.44. The highest BCUT2D eigenvalue weighted by molar-refractivity contribution is 7.91. The van der Waals surface area contributed by atoms with Gasteiger partial charge in [0, 0.05) is 24.5 Å². The van der Waals surface area contributed by atoms with Crippen LogP contribution in [0.3, 0.4) is 0 Å². The number of piperidine rings is 1. The third-order valence-corrected chi connectivity index (χ3v) is 7.01. The number of hydrogen-bond donors (Lipinski definition) is 1. The first-order valence-electron chi connectivity index (χ1n) is 10.0. The normalized spacial score (nSPS) is 16.2. The van der Waals surface area contributed by atoms with E-state index in [0.29, 0.717) is 30.4 Å².